The minimum absolute atomic E-state index is 0.00232. The van der Waals surface area contributed by atoms with Gasteiger partial charge in [0.25, 0.3) is 0 Å². The molecule has 3 N–H and O–H groups in total. The van der Waals surface area contributed by atoms with Crippen molar-refractivity contribution in [2.45, 2.75) is 13.3 Å². The van der Waals surface area contributed by atoms with Gasteiger partial charge in [-0.1, -0.05) is 6.07 Å². The summed E-state index contributed by atoms with van der Waals surface area (Å²) in [5, 5.41) is 21.1. The summed E-state index contributed by atoms with van der Waals surface area (Å²) < 4.78 is 4.48. The van der Waals surface area contributed by atoms with Crippen molar-refractivity contribution in [2.24, 2.45) is 0 Å². The molecule has 0 aliphatic rings. The SMILES string of the molecule is COC(=O)C=C(C)Nc1cc(O)ccc1CC(=O)O. The molecule has 0 spiro atoms. The van der Waals surface area contributed by atoms with Crippen molar-refractivity contribution in [3.05, 3.63) is 35.5 Å². The van der Waals surface area contributed by atoms with Crippen LogP contribution in [-0.2, 0) is 20.7 Å². The maximum absolute atomic E-state index is 11.1. The lowest BCUT2D eigenvalue weighted by atomic mass is 10.1. The highest BCUT2D eigenvalue weighted by molar-refractivity contribution is 5.83. The predicted molar refractivity (Wildman–Crippen MR) is 68.8 cm³/mol. The minimum Gasteiger partial charge on any atom is -0.508 e. The Labute approximate surface area is 110 Å². The van der Waals surface area contributed by atoms with Crippen molar-refractivity contribution in [1.29, 1.82) is 0 Å². The van der Waals surface area contributed by atoms with E-state index in [0.29, 0.717) is 16.9 Å². The van der Waals surface area contributed by atoms with Crippen molar-refractivity contribution in [2.75, 3.05) is 12.4 Å². The number of carboxylic acids is 1. The van der Waals surface area contributed by atoms with Crippen LogP contribution in [0.1, 0.15) is 12.5 Å². The number of methoxy groups -OCH3 is 1. The number of phenols is 1. The van der Waals surface area contributed by atoms with Crippen LogP contribution in [0, 0.1) is 0 Å². The largest absolute Gasteiger partial charge is 0.508 e. The Morgan fingerprint density at radius 1 is 1.42 bits per heavy atom. The van der Waals surface area contributed by atoms with Crippen molar-refractivity contribution >= 4 is 17.6 Å². The van der Waals surface area contributed by atoms with E-state index in [1.165, 1.54) is 31.4 Å². The summed E-state index contributed by atoms with van der Waals surface area (Å²) in [6.45, 7) is 1.63. The van der Waals surface area contributed by atoms with Crippen LogP contribution in [0.15, 0.2) is 30.0 Å². The molecule has 6 nitrogen and oxygen atoms in total. The monoisotopic (exact) mass is 265 g/mol. The Morgan fingerprint density at radius 3 is 2.68 bits per heavy atom. The van der Waals surface area contributed by atoms with Crippen LogP contribution in [0.4, 0.5) is 5.69 Å². The molecular weight excluding hydrogens is 250 g/mol. The lowest BCUT2D eigenvalue weighted by molar-refractivity contribution is -0.136. The Bertz CT molecular complexity index is 522. The van der Waals surface area contributed by atoms with Crippen molar-refractivity contribution in [3.8, 4) is 5.75 Å². The summed E-state index contributed by atoms with van der Waals surface area (Å²) in [5.41, 5.74) is 1.41. The lowest BCUT2D eigenvalue weighted by Crippen LogP contribution is -2.07. The van der Waals surface area contributed by atoms with E-state index < -0.39 is 11.9 Å². The molecule has 102 valence electrons. The fraction of sp³-hybridized carbons (Fsp3) is 0.231. The van der Waals surface area contributed by atoms with E-state index in [-0.39, 0.29) is 12.2 Å². The molecular formula is C13H15NO5. The van der Waals surface area contributed by atoms with Gasteiger partial charge in [-0.2, -0.15) is 0 Å². The van der Waals surface area contributed by atoms with Gasteiger partial charge < -0.3 is 20.3 Å². The minimum atomic E-state index is -0.983. The zero-order valence-corrected chi connectivity index (χ0v) is 10.6. The molecule has 0 aliphatic carbocycles. The van der Waals surface area contributed by atoms with E-state index in [4.69, 9.17) is 5.11 Å². The van der Waals surface area contributed by atoms with E-state index in [1.807, 2.05) is 0 Å². The highest BCUT2D eigenvalue weighted by atomic mass is 16.5. The molecule has 1 rings (SSSR count). The van der Waals surface area contributed by atoms with E-state index in [0.717, 1.165) is 0 Å². The average Bonchev–Trinajstić information content (AvgIpc) is 2.31. The zero-order chi connectivity index (χ0) is 14.4. The third-order valence-electron chi connectivity index (χ3n) is 2.30. The topological polar surface area (TPSA) is 95.9 Å². The quantitative estimate of drug-likeness (QED) is 0.551. The number of esters is 1. The van der Waals surface area contributed by atoms with Crippen LogP contribution in [0.25, 0.3) is 0 Å². The second-order valence-corrected chi connectivity index (χ2v) is 3.89. The van der Waals surface area contributed by atoms with Crippen LogP contribution in [-0.4, -0.2) is 29.3 Å². The first-order valence-corrected chi connectivity index (χ1v) is 5.49. The number of rotatable bonds is 5. The summed E-state index contributed by atoms with van der Waals surface area (Å²) in [4.78, 5) is 21.8. The number of carboxylic acid groups (broad SMARTS) is 1. The van der Waals surface area contributed by atoms with E-state index in [2.05, 4.69) is 10.1 Å². The highest BCUT2D eigenvalue weighted by Crippen LogP contribution is 2.23. The first-order valence-electron chi connectivity index (χ1n) is 5.49. The second kappa shape index (κ2) is 6.44. The lowest BCUT2D eigenvalue weighted by Gasteiger charge is -2.11. The highest BCUT2D eigenvalue weighted by Gasteiger charge is 2.08. The molecule has 0 saturated carbocycles. The van der Waals surface area contributed by atoms with Gasteiger partial charge in [-0.25, -0.2) is 4.79 Å². The Morgan fingerprint density at radius 2 is 2.11 bits per heavy atom. The van der Waals surface area contributed by atoms with Gasteiger partial charge in [0.1, 0.15) is 5.75 Å². The molecule has 0 bridgehead atoms. The third-order valence-corrected chi connectivity index (χ3v) is 2.30. The molecule has 0 fully saturated rings. The molecule has 0 aliphatic heterocycles. The number of phenolic OH excluding ortho intramolecular Hbond substituents is 1. The molecule has 0 radical (unpaired) electrons. The van der Waals surface area contributed by atoms with Gasteiger partial charge in [0.15, 0.2) is 0 Å². The molecule has 0 heterocycles. The van der Waals surface area contributed by atoms with Crippen LogP contribution >= 0.6 is 0 Å². The average molecular weight is 265 g/mol. The second-order valence-electron chi connectivity index (χ2n) is 3.89. The van der Waals surface area contributed by atoms with E-state index in [1.54, 1.807) is 6.92 Å². The zero-order valence-electron chi connectivity index (χ0n) is 10.6. The summed E-state index contributed by atoms with van der Waals surface area (Å²) in [6.07, 6.45) is 1.04. The molecule has 1 aromatic carbocycles. The standard InChI is InChI=1S/C13H15NO5/c1-8(5-13(18)19-2)14-11-7-10(15)4-3-9(11)6-12(16)17/h3-5,7,14-15H,6H2,1-2H3,(H,16,17). The Kier molecular flexibility index (Phi) is 4.93. The number of anilines is 1. The number of hydrogen-bond acceptors (Lipinski definition) is 5. The number of allylic oxidation sites excluding steroid dienone is 1. The molecule has 1 aromatic rings. The van der Waals surface area contributed by atoms with Crippen LogP contribution in [0.5, 0.6) is 5.75 Å². The summed E-state index contributed by atoms with van der Waals surface area (Å²) in [6, 6.07) is 4.31. The maximum atomic E-state index is 11.1. The molecule has 0 amide bonds. The van der Waals surface area contributed by atoms with Gasteiger partial charge in [0.05, 0.1) is 13.5 Å². The van der Waals surface area contributed by atoms with Crippen molar-refractivity contribution < 1.29 is 24.5 Å². The number of aromatic hydroxyl groups is 1. The molecule has 6 heteroatoms. The molecule has 0 unspecified atom stereocenters. The number of aliphatic carboxylic acids is 1. The molecule has 0 atom stereocenters. The fourth-order valence-corrected chi connectivity index (χ4v) is 1.48. The van der Waals surface area contributed by atoms with Gasteiger partial charge in [-0.3, -0.25) is 4.79 Å². The van der Waals surface area contributed by atoms with Gasteiger partial charge >= 0.3 is 11.9 Å². The van der Waals surface area contributed by atoms with Gasteiger partial charge in [-0.15, -0.1) is 0 Å². The van der Waals surface area contributed by atoms with E-state index in [9.17, 15) is 14.7 Å². The number of carbonyl (C=O) groups excluding carboxylic acids is 1. The fourth-order valence-electron chi connectivity index (χ4n) is 1.48. The van der Waals surface area contributed by atoms with Crippen LogP contribution in [0.3, 0.4) is 0 Å². The normalized spacial score (nSPS) is 10.9. The summed E-state index contributed by atoms with van der Waals surface area (Å²) in [7, 11) is 1.26. The number of nitrogens with one attached hydrogen (secondary N) is 1. The Balaban J connectivity index is 2.98. The number of carbonyl (C=O) groups is 2. The number of hydrogen-bond donors (Lipinski definition) is 3. The molecule has 19 heavy (non-hydrogen) atoms. The van der Waals surface area contributed by atoms with Gasteiger partial charge in [0.2, 0.25) is 0 Å². The van der Waals surface area contributed by atoms with Crippen molar-refractivity contribution in [3.63, 3.8) is 0 Å². The smallest absolute Gasteiger partial charge is 0.332 e. The van der Waals surface area contributed by atoms with Crippen molar-refractivity contribution in [1.82, 2.24) is 0 Å². The van der Waals surface area contributed by atoms with Crippen LogP contribution < -0.4 is 5.32 Å². The maximum Gasteiger partial charge on any atom is 0.332 e. The first kappa shape index (κ1) is 14.6. The van der Waals surface area contributed by atoms with E-state index >= 15 is 0 Å². The Hall–Kier alpha value is -2.50. The van der Waals surface area contributed by atoms with Gasteiger partial charge in [-0.05, 0) is 18.6 Å². The summed E-state index contributed by atoms with van der Waals surface area (Å²) in [5.74, 6) is -1.50. The number of benzene rings is 1. The molecule has 0 aromatic heterocycles. The third kappa shape index (κ3) is 4.71. The predicted octanol–water partition coefficient (Wildman–Crippen LogP) is 1.51. The van der Waals surface area contributed by atoms with Gasteiger partial charge in [0, 0.05) is 23.5 Å². The number of ether oxygens (including phenoxy) is 1. The van der Waals surface area contributed by atoms with Crippen LogP contribution in [0.2, 0.25) is 0 Å². The first-order chi connectivity index (χ1) is 8.92. The molecule has 0 saturated heterocycles. The summed E-state index contributed by atoms with van der Waals surface area (Å²) >= 11 is 0.